The molecular formula is C20H21N5O. The Morgan fingerprint density at radius 2 is 2.00 bits per heavy atom. The molecule has 132 valence electrons. The predicted molar refractivity (Wildman–Crippen MR) is 103 cm³/mol. The maximum atomic E-state index is 13.3. The van der Waals surface area contributed by atoms with Crippen LogP contribution in [0.15, 0.2) is 48.7 Å². The van der Waals surface area contributed by atoms with Crippen LogP contribution in [0.2, 0.25) is 0 Å². The summed E-state index contributed by atoms with van der Waals surface area (Å²) in [4.78, 5) is 15.1. The Balaban J connectivity index is 1.80. The van der Waals surface area contributed by atoms with E-state index in [0.29, 0.717) is 18.7 Å². The molecule has 0 unspecified atom stereocenters. The van der Waals surface area contributed by atoms with Crippen molar-refractivity contribution >= 4 is 23.1 Å². The van der Waals surface area contributed by atoms with Crippen LogP contribution in [0.3, 0.4) is 0 Å². The first-order chi connectivity index (χ1) is 12.6. The van der Waals surface area contributed by atoms with Gasteiger partial charge in [-0.3, -0.25) is 9.48 Å². The number of carbonyl (C=O) groups is 1. The fraction of sp³-hybridized carbons (Fsp3) is 0.200. The molecule has 0 spiro atoms. The minimum Gasteiger partial charge on any atom is -0.338 e. The summed E-state index contributed by atoms with van der Waals surface area (Å²) in [6.07, 6.45) is 1.80. The molecule has 0 aliphatic carbocycles. The lowest BCUT2D eigenvalue weighted by Crippen LogP contribution is -2.30. The molecule has 6 heteroatoms. The van der Waals surface area contributed by atoms with Gasteiger partial charge in [0.25, 0.3) is 5.91 Å². The molecule has 0 fully saturated rings. The molecule has 6 nitrogen and oxygen atoms in total. The Morgan fingerprint density at radius 1 is 1.23 bits per heavy atom. The third-order valence-corrected chi connectivity index (χ3v) is 4.72. The molecule has 0 atom stereocenters. The standard InChI is InChI=1S/C20H21N5O/c1-13-3-8-18-17(9-13)23-19-16(11-22-24(19)2)12-25(18)20(26)15-6-4-14(10-21)5-7-15/h3-9,11,23H,10,12,21H2,1-2H3. The van der Waals surface area contributed by atoms with E-state index in [1.807, 2.05) is 50.4 Å². The highest BCUT2D eigenvalue weighted by Gasteiger charge is 2.26. The van der Waals surface area contributed by atoms with E-state index in [1.54, 1.807) is 15.8 Å². The van der Waals surface area contributed by atoms with Crippen LogP contribution >= 0.6 is 0 Å². The maximum absolute atomic E-state index is 13.3. The number of aromatic nitrogens is 2. The Labute approximate surface area is 152 Å². The van der Waals surface area contributed by atoms with Gasteiger partial charge in [0.2, 0.25) is 0 Å². The summed E-state index contributed by atoms with van der Waals surface area (Å²) < 4.78 is 1.80. The quantitative estimate of drug-likeness (QED) is 0.747. The molecule has 0 radical (unpaired) electrons. The van der Waals surface area contributed by atoms with E-state index in [9.17, 15) is 4.79 Å². The molecule has 1 amide bonds. The fourth-order valence-electron chi connectivity index (χ4n) is 3.25. The van der Waals surface area contributed by atoms with Crippen molar-refractivity contribution in [2.24, 2.45) is 12.8 Å². The molecule has 0 saturated heterocycles. The average Bonchev–Trinajstić information content (AvgIpc) is 2.90. The van der Waals surface area contributed by atoms with Gasteiger partial charge < -0.3 is 16.0 Å². The van der Waals surface area contributed by atoms with E-state index >= 15 is 0 Å². The molecule has 3 aromatic rings. The Bertz CT molecular complexity index is 974. The lowest BCUT2D eigenvalue weighted by Gasteiger charge is -2.23. The van der Waals surface area contributed by atoms with E-state index < -0.39 is 0 Å². The van der Waals surface area contributed by atoms with Gasteiger partial charge in [0.05, 0.1) is 24.1 Å². The van der Waals surface area contributed by atoms with E-state index in [-0.39, 0.29) is 5.91 Å². The molecule has 4 rings (SSSR count). The second-order valence-electron chi connectivity index (χ2n) is 6.58. The zero-order valence-corrected chi connectivity index (χ0v) is 14.9. The number of hydrogen-bond donors (Lipinski definition) is 2. The summed E-state index contributed by atoms with van der Waals surface area (Å²) in [5.74, 6) is 0.864. The van der Waals surface area contributed by atoms with Gasteiger partial charge in [-0.05, 0) is 42.3 Å². The lowest BCUT2D eigenvalue weighted by molar-refractivity contribution is 0.0985. The number of hydrogen-bond acceptors (Lipinski definition) is 4. The van der Waals surface area contributed by atoms with Crippen molar-refractivity contribution in [3.63, 3.8) is 0 Å². The number of rotatable bonds is 2. The van der Waals surface area contributed by atoms with Crippen molar-refractivity contribution in [1.29, 1.82) is 0 Å². The molecule has 1 aromatic heterocycles. The number of nitrogens with two attached hydrogens (primary N) is 1. The number of aryl methyl sites for hydroxylation is 2. The van der Waals surface area contributed by atoms with Crippen LogP contribution in [0.4, 0.5) is 17.2 Å². The number of anilines is 3. The van der Waals surface area contributed by atoms with Crippen LogP contribution in [0.25, 0.3) is 0 Å². The molecule has 2 aromatic carbocycles. The van der Waals surface area contributed by atoms with Crippen LogP contribution in [0, 0.1) is 6.92 Å². The molecule has 0 saturated carbocycles. The minimum atomic E-state index is -0.0443. The molecule has 3 N–H and O–H groups in total. The third-order valence-electron chi connectivity index (χ3n) is 4.72. The SMILES string of the molecule is Cc1ccc2c(c1)Nc1c(cnn1C)CN2C(=O)c1ccc(CN)cc1. The van der Waals surface area contributed by atoms with Gasteiger partial charge in [0, 0.05) is 24.7 Å². The Hall–Kier alpha value is -3.12. The lowest BCUT2D eigenvalue weighted by atomic mass is 10.1. The van der Waals surface area contributed by atoms with Gasteiger partial charge in [-0.1, -0.05) is 18.2 Å². The smallest absolute Gasteiger partial charge is 0.258 e. The van der Waals surface area contributed by atoms with Crippen LogP contribution in [0.1, 0.15) is 27.0 Å². The van der Waals surface area contributed by atoms with Gasteiger partial charge in [-0.15, -0.1) is 0 Å². The number of fused-ring (bicyclic) bond motifs is 2. The highest BCUT2D eigenvalue weighted by molar-refractivity contribution is 6.08. The van der Waals surface area contributed by atoms with Crippen molar-refractivity contribution in [3.8, 4) is 0 Å². The van der Waals surface area contributed by atoms with Crippen LogP contribution in [0.5, 0.6) is 0 Å². The van der Waals surface area contributed by atoms with Crippen molar-refractivity contribution in [2.75, 3.05) is 10.2 Å². The van der Waals surface area contributed by atoms with Gasteiger partial charge in [-0.25, -0.2) is 0 Å². The number of carbonyl (C=O) groups excluding carboxylic acids is 1. The highest BCUT2D eigenvalue weighted by atomic mass is 16.2. The van der Waals surface area contributed by atoms with Crippen LogP contribution in [-0.4, -0.2) is 15.7 Å². The van der Waals surface area contributed by atoms with Gasteiger partial charge in [0.1, 0.15) is 5.82 Å². The first-order valence-electron chi connectivity index (χ1n) is 8.56. The summed E-state index contributed by atoms with van der Waals surface area (Å²) >= 11 is 0. The van der Waals surface area contributed by atoms with Crippen LogP contribution in [-0.2, 0) is 20.1 Å². The van der Waals surface area contributed by atoms with Gasteiger partial charge >= 0.3 is 0 Å². The van der Waals surface area contributed by atoms with Gasteiger partial charge in [-0.2, -0.15) is 5.10 Å². The predicted octanol–water partition coefficient (Wildman–Crippen LogP) is 3.09. The summed E-state index contributed by atoms with van der Waals surface area (Å²) in [6, 6.07) is 13.5. The molecule has 0 bridgehead atoms. The van der Waals surface area contributed by atoms with E-state index in [0.717, 1.165) is 33.9 Å². The van der Waals surface area contributed by atoms with Crippen molar-refractivity contribution in [1.82, 2.24) is 9.78 Å². The molecule has 1 aliphatic heterocycles. The third kappa shape index (κ3) is 2.74. The minimum absolute atomic E-state index is 0.0443. The molecule has 2 heterocycles. The van der Waals surface area contributed by atoms with Crippen LogP contribution < -0.4 is 16.0 Å². The highest BCUT2D eigenvalue weighted by Crippen LogP contribution is 2.36. The topological polar surface area (TPSA) is 76.2 Å². The number of nitrogens with zero attached hydrogens (tertiary/aromatic N) is 3. The zero-order chi connectivity index (χ0) is 18.3. The van der Waals surface area contributed by atoms with E-state index in [2.05, 4.69) is 16.5 Å². The second-order valence-corrected chi connectivity index (χ2v) is 6.58. The second kappa shape index (κ2) is 6.31. The zero-order valence-electron chi connectivity index (χ0n) is 14.9. The normalized spacial score (nSPS) is 12.8. The van der Waals surface area contributed by atoms with Crippen molar-refractivity contribution in [3.05, 3.63) is 70.9 Å². The Kier molecular flexibility index (Phi) is 3.97. The van der Waals surface area contributed by atoms with Crippen molar-refractivity contribution < 1.29 is 4.79 Å². The fourth-order valence-corrected chi connectivity index (χ4v) is 3.25. The molecule has 26 heavy (non-hydrogen) atoms. The summed E-state index contributed by atoms with van der Waals surface area (Å²) in [5.41, 5.74) is 11.2. The number of nitrogens with one attached hydrogen (secondary N) is 1. The summed E-state index contributed by atoms with van der Waals surface area (Å²) in [5, 5.41) is 7.76. The average molecular weight is 347 g/mol. The molecular weight excluding hydrogens is 326 g/mol. The Morgan fingerprint density at radius 3 is 2.73 bits per heavy atom. The van der Waals surface area contributed by atoms with E-state index in [4.69, 9.17) is 5.73 Å². The first kappa shape index (κ1) is 16.4. The molecule has 1 aliphatic rings. The maximum Gasteiger partial charge on any atom is 0.258 e. The monoisotopic (exact) mass is 347 g/mol. The summed E-state index contributed by atoms with van der Waals surface area (Å²) in [7, 11) is 1.89. The first-order valence-corrected chi connectivity index (χ1v) is 8.56. The van der Waals surface area contributed by atoms with Crippen molar-refractivity contribution in [2.45, 2.75) is 20.0 Å². The van der Waals surface area contributed by atoms with Gasteiger partial charge in [0.15, 0.2) is 0 Å². The largest absolute Gasteiger partial charge is 0.338 e. The number of amides is 1. The number of benzene rings is 2. The summed E-state index contributed by atoms with van der Waals surface area (Å²) in [6.45, 7) is 2.96. The van der Waals surface area contributed by atoms with E-state index in [1.165, 1.54) is 0 Å².